The number of ether oxygens (including phenoxy) is 3. The Labute approximate surface area is 116 Å². The van der Waals surface area contributed by atoms with Crippen LogP contribution in [0.15, 0.2) is 0 Å². The lowest BCUT2D eigenvalue weighted by Crippen LogP contribution is -2.41. The van der Waals surface area contributed by atoms with Gasteiger partial charge >= 0.3 is 5.97 Å². The number of methoxy groups -OCH3 is 1. The molecule has 0 aromatic carbocycles. The SMILES string of the molecule is CO[C@@H](C)C[C@H]1COC(C)(C)C1C(=O)OC(C)(C)C. The van der Waals surface area contributed by atoms with Crippen LogP contribution in [-0.2, 0) is 19.0 Å². The van der Waals surface area contributed by atoms with Gasteiger partial charge in [-0.25, -0.2) is 0 Å². The first-order chi connectivity index (χ1) is 8.57. The van der Waals surface area contributed by atoms with Crippen LogP contribution < -0.4 is 0 Å². The molecule has 1 fully saturated rings. The molecule has 0 aromatic rings. The Kier molecular flexibility index (Phi) is 5.02. The van der Waals surface area contributed by atoms with Crippen molar-refractivity contribution in [2.24, 2.45) is 11.8 Å². The van der Waals surface area contributed by atoms with E-state index in [1.807, 2.05) is 41.5 Å². The normalized spacial score (nSPS) is 28.2. The topological polar surface area (TPSA) is 44.8 Å². The van der Waals surface area contributed by atoms with Crippen LogP contribution >= 0.6 is 0 Å². The highest BCUT2D eigenvalue weighted by molar-refractivity contribution is 5.75. The van der Waals surface area contributed by atoms with Crippen molar-refractivity contribution in [3.8, 4) is 0 Å². The third-order valence-corrected chi connectivity index (χ3v) is 3.59. The molecule has 0 N–H and O–H groups in total. The molecule has 0 spiro atoms. The van der Waals surface area contributed by atoms with Gasteiger partial charge in [-0.05, 0) is 48.0 Å². The Morgan fingerprint density at radius 2 is 2.00 bits per heavy atom. The number of esters is 1. The van der Waals surface area contributed by atoms with Crippen LogP contribution in [0.25, 0.3) is 0 Å². The van der Waals surface area contributed by atoms with Crippen LogP contribution in [0.1, 0.15) is 48.0 Å². The Balaban J connectivity index is 2.81. The smallest absolute Gasteiger partial charge is 0.312 e. The molecule has 0 saturated carbocycles. The molecule has 4 nitrogen and oxygen atoms in total. The quantitative estimate of drug-likeness (QED) is 0.738. The van der Waals surface area contributed by atoms with Gasteiger partial charge in [0.2, 0.25) is 0 Å². The van der Waals surface area contributed by atoms with Crippen LogP contribution in [-0.4, -0.2) is 37.0 Å². The van der Waals surface area contributed by atoms with Crippen molar-refractivity contribution < 1.29 is 19.0 Å². The average Bonchev–Trinajstić information content (AvgIpc) is 2.51. The van der Waals surface area contributed by atoms with E-state index < -0.39 is 11.2 Å². The second kappa shape index (κ2) is 5.80. The van der Waals surface area contributed by atoms with Gasteiger partial charge < -0.3 is 14.2 Å². The molecular weight excluding hydrogens is 244 g/mol. The highest BCUT2D eigenvalue weighted by atomic mass is 16.6. The molecule has 1 aliphatic heterocycles. The minimum atomic E-state index is -0.472. The van der Waals surface area contributed by atoms with E-state index in [4.69, 9.17) is 14.2 Å². The van der Waals surface area contributed by atoms with E-state index in [0.717, 1.165) is 6.42 Å². The van der Waals surface area contributed by atoms with E-state index in [-0.39, 0.29) is 23.9 Å². The summed E-state index contributed by atoms with van der Waals surface area (Å²) < 4.78 is 16.6. The van der Waals surface area contributed by atoms with Crippen molar-refractivity contribution in [1.29, 1.82) is 0 Å². The summed E-state index contributed by atoms with van der Waals surface area (Å²) in [7, 11) is 1.69. The molecule has 0 amide bonds. The van der Waals surface area contributed by atoms with Crippen molar-refractivity contribution in [2.75, 3.05) is 13.7 Å². The minimum Gasteiger partial charge on any atom is -0.460 e. The Hall–Kier alpha value is -0.610. The molecule has 112 valence electrons. The molecule has 0 bridgehead atoms. The molecule has 1 rings (SSSR count). The zero-order valence-electron chi connectivity index (χ0n) is 13.3. The van der Waals surface area contributed by atoms with E-state index in [1.165, 1.54) is 0 Å². The van der Waals surface area contributed by atoms with E-state index in [1.54, 1.807) is 7.11 Å². The zero-order chi connectivity index (χ0) is 14.8. The average molecular weight is 272 g/mol. The molecule has 4 heteroatoms. The van der Waals surface area contributed by atoms with E-state index in [9.17, 15) is 4.79 Å². The number of hydrogen-bond donors (Lipinski definition) is 0. The molecule has 0 aliphatic carbocycles. The molecule has 19 heavy (non-hydrogen) atoms. The highest BCUT2D eigenvalue weighted by Crippen LogP contribution is 2.40. The van der Waals surface area contributed by atoms with E-state index in [2.05, 4.69) is 0 Å². The molecular formula is C15H28O4. The van der Waals surface area contributed by atoms with Crippen molar-refractivity contribution in [3.63, 3.8) is 0 Å². The maximum atomic E-state index is 12.4. The number of carbonyl (C=O) groups excluding carboxylic acids is 1. The second-order valence-corrected chi connectivity index (χ2v) is 6.97. The first-order valence-electron chi connectivity index (χ1n) is 6.96. The zero-order valence-corrected chi connectivity index (χ0v) is 13.3. The summed E-state index contributed by atoms with van der Waals surface area (Å²) in [6.07, 6.45) is 0.927. The second-order valence-electron chi connectivity index (χ2n) is 6.97. The summed E-state index contributed by atoms with van der Waals surface area (Å²) in [5.41, 5.74) is -0.937. The first kappa shape index (κ1) is 16.4. The van der Waals surface area contributed by atoms with Crippen molar-refractivity contribution >= 4 is 5.97 Å². The third kappa shape index (κ3) is 4.46. The molecule has 1 heterocycles. The van der Waals surface area contributed by atoms with Gasteiger partial charge in [-0.15, -0.1) is 0 Å². The lowest BCUT2D eigenvalue weighted by atomic mass is 9.80. The highest BCUT2D eigenvalue weighted by Gasteiger charge is 2.49. The standard InChI is InChI=1S/C15H28O4/c1-10(17-7)8-11-9-18-15(5,6)12(11)13(16)19-14(2,3)4/h10-12H,8-9H2,1-7H3/t10-,11-,12?/m0/s1. The maximum absolute atomic E-state index is 12.4. The fourth-order valence-corrected chi connectivity index (χ4v) is 2.64. The van der Waals surface area contributed by atoms with Gasteiger partial charge in [0.1, 0.15) is 5.60 Å². The molecule has 1 saturated heterocycles. The van der Waals surface area contributed by atoms with Crippen molar-refractivity contribution in [3.05, 3.63) is 0 Å². The summed E-state index contributed by atoms with van der Waals surface area (Å²) in [6.45, 7) is 12.2. The molecule has 1 aliphatic rings. The van der Waals surface area contributed by atoms with Gasteiger partial charge in [-0.3, -0.25) is 4.79 Å². The predicted octanol–water partition coefficient (Wildman–Crippen LogP) is 2.79. The van der Waals surface area contributed by atoms with Gasteiger partial charge in [-0.2, -0.15) is 0 Å². The van der Waals surface area contributed by atoms with Crippen LogP contribution in [0.3, 0.4) is 0 Å². The Morgan fingerprint density at radius 1 is 1.42 bits per heavy atom. The molecule has 0 aromatic heterocycles. The fraction of sp³-hybridized carbons (Fsp3) is 0.933. The lowest BCUT2D eigenvalue weighted by Gasteiger charge is -2.31. The van der Waals surface area contributed by atoms with Gasteiger partial charge in [-0.1, -0.05) is 0 Å². The monoisotopic (exact) mass is 272 g/mol. The molecule has 0 radical (unpaired) electrons. The summed E-state index contributed by atoms with van der Waals surface area (Å²) in [6, 6.07) is 0. The van der Waals surface area contributed by atoms with Gasteiger partial charge in [0.25, 0.3) is 0 Å². The maximum Gasteiger partial charge on any atom is 0.312 e. The van der Waals surface area contributed by atoms with Gasteiger partial charge in [0.15, 0.2) is 0 Å². The van der Waals surface area contributed by atoms with Crippen LogP contribution in [0, 0.1) is 11.8 Å². The van der Waals surface area contributed by atoms with Crippen molar-refractivity contribution in [2.45, 2.75) is 65.3 Å². The molecule has 3 atom stereocenters. The van der Waals surface area contributed by atoms with Crippen molar-refractivity contribution in [1.82, 2.24) is 0 Å². The summed E-state index contributed by atoms with van der Waals surface area (Å²) in [5, 5.41) is 0. The van der Waals surface area contributed by atoms with Crippen LogP contribution in [0.5, 0.6) is 0 Å². The van der Waals surface area contributed by atoms with Gasteiger partial charge in [0, 0.05) is 13.0 Å². The predicted molar refractivity (Wildman–Crippen MR) is 73.9 cm³/mol. The molecule has 1 unspecified atom stereocenters. The number of carbonyl (C=O) groups is 1. The third-order valence-electron chi connectivity index (χ3n) is 3.59. The Bertz CT molecular complexity index is 317. The summed E-state index contributed by atoms with van der Waals surface area (Å²) in [5.74, 6) is -0.243. The first-order valence-corrected chi connectivity index (χ1v) is 6.96. The lowest BCUT2D eigenvalue weighted by molar-refractivity contribution is -0.166. The van der Waals surface area contributed by atoms with E-state index >= 15 is 0 Å². The summed E-state index contributed by atoms with van der Waals surface area (Å²) >= 11 is 0. The van der Waals surface area contributed by atoms with Gasteiger partial charge in [0.05, 0.1) is 24.2 Å². The number of rotatable bonds is 4. The Morgan fingerprint density at radius 3 is 2.47 bits per heavy atom. The van der Waals surface area contributed by atoms with Crippen LogP contribution in [0.2, 0.25) is 0 Å². The largest absolute Gasteiger partial charge is 0.460 e. The fourth-order valence-electron chi connectivity index (χ4n) is 2.64. The van der Waals surface area contributed by atoms with Crippen LogP contribution in [0.4, 0.5) is 0 Å². The summed E-state index contributed by atoms with van der Waals surface area (Å²) in [4.78, 5) is 12.4. The minimum absolute atomic E-state index is 0.118. The van der Waals surface area contributed by atoms with E-state index in [0.29, 0.717) is 6.61 Å². The number of hydrogen-bond acceptors (Lipinski definition) is 4.